The number of amides is 1. The summed E-state index contributed by atoms with van der Waals surface area (Å²) in [7, 11) is 0. The van der Waals surface area contributed by atoms with E-state index in [9.17, 15) is 40.6 Å². The van der Waals surface area contributed by atoms with E-state index in [1.807, 2.05) is 0 Å². The third-order valence-corrected chi connectivity index (χ3v) is 6.98. The lowest BCUT2D eigenvalue weighted by Gasteiger charge is -2.31. The smallest absolute Gasteiger partial charge is 0.383 e. The van der Waals surface area contributed by atoms with Gasteiger partial charge in [-0.3, -0.25) is 4.79 Å². The highest BCUT2D eigenvalue weighted by molar-refractivity contribution is 5.83. The summed E-state index contributed by atoms with van der Waals surface area (Å²) in [5.74, 6) is -1.66. The van der Waals surface area contributed by atoms with E-state index in [1.54, 1.807) is 12.1 Å². The van der Waals surface area contributed by atoms with Crippen LogP contribution in [0.2, 0.25) is 0 Å². The van der Waals surface area contributed by atoms with Crippen LogP contribution in [0.15, 0.2) is 42.5 Å². The van der Waals surface area contributed by atoms with E-state index in [1.165, 1.54) is 19.1 Å². The van der Waals surface area contributed by atoms with E-state index in [-0.39, 0.29) is 24.0 Å². The molecule has 1 aliphatic heterocycles. The van der Waals surface area contributed by atoms with E-state index >= 15 is 0 Å². The summed E-state index contributed by atoms with van der Waals surface area (Å²) in [6.45, 7) is 1.38. The van der Waals surface area contributed by atoms with Gasteiger partial charge in [0.05, 0.1) is 23.3 Å². The van der Waals surface area contributed by atoms with Crippen molar-refractivity contribution in [2.24, 2.45) is 5.92 Å². The fourth-order valence-electron chi connectivity index (χ4n) is 5.26. The zero-order valence-corrected chi connectivity index (χ0v) is 19.0. The first-order valence-corrected chi connectivity index (χ1v) is 11.4. The van der Waals surface area contributed by atoms with E-state index in [0.717, 1.165) is 0 Å². The number of carbonyl (C=O) groups is 1. The van der Waals surface area contributed by atoms with E-state index in [0.29, 0.717) is 30.5 Å². The molecular formula is C25H24F7NO3. The molecule has 2 fully saturated rings. The molecule has 2 N–H and O–H groups in total. The summed E-state index contributed by atoms with van der Waals surface area (Å²) in [6, 6.07) is 6.52. The van der Waals surface area contributed by atoms with Crippen molar-refractivity contribution >= 4 is 5.91 Å². The lowest BCUT2D eigenvalue weighted by atomic mass is 9.82. The van der Waals surface area contributed by atoms with Crippen molar-refractivity contribution in [1.82, 2.24) is 5.32 Å². The molecule has 2 aliphatic rings. The van der Waals surface area contributed by atoms with Crippen LogP contribution in [-0.2, 0) is 21.9 Å². The van der Waals surface area contributed by atoms with Gasteiger partial charge in [-0.15, -0.1) is 0 Å². The van der Waals surface area contributed by atoms with E-state index < -0.39 is 65.5 Å². The number of hydrogen-bond donors (Lipinski definition) is 2. The molecule has 6 atom stereocenters. The SMILES string of the molecule is C[C@@H](O[C@H]1CC[C@@H]([C@H]2C[C@H](O)C(=O)N2)[C@@H]1c1ccc(F)cc1)c1cc(C(F)(F)F)cc(C(F)(F)F)c1. The van der Waals surface area contributed by atoms with Gasteiger partial charge in [0, 0.05) is 18.4 Å². The summed E-state index contributed by atoms with van der Waals surface area (Å²) in [4.78, 5) is 11.9. The molecule has 4 rings (SSSR count). The molecule has 1 saturated carbocycles. The van der Waals surface area contributed by atoms with Crippen LogP contribution in [0.4, 0.5) is 30.7 Å². The van der Waals surface area contributed by atoms with Crippen LogP contribution in [0, 0.1) is 11.7 Å². The third-order valence-electron chi connectivity index (χ3n) is 6.98. The fourth-order valence-corrected chi connectivity index (χ4v) is 5.26. The Kier molecular flexibility index (Phi) is 7.09. The van der Waals surface area contributed by atoms with Gasteiger partial charge in [0.1, 0.15) is 11.9 Å². The molecule has 0 aromatic heterocycles. The van der Waals surface area contributed by atoms with Crippen LogP contribution in [0.25, 0.3) is 0 Å². The van der Waals surface area contributed by atoms with Gasteiger partial charge < -0.3 is 15.2 Å². The first-order valence-electron chi connectivity index (χ1n) is 11.4. The molecule has 1 amide bonds. The first-order chi connectivity index (χ1) is 16.7. The Hall–Kier alpha value is -2.66. The number of aliphatic hydroxyl groups is 1. The van der Waals surface area contributed by atoms with Crippen LogP contribution < -0.4 is 5.32 Å². The molecule has 4 nitrogen and oxygen atoms in total. The van der Waals surface area contributed by atoms with Gasteiger partial charge in [-0.05, 0) is 67.1 Å². The zero-order valence-electron chi connectivity index (χ0n) is 19.0. The first kappa shape index (κ1) is 26.4. The lowest BCUT2D eigenvalue weighted by molar-refractivity contribution is -0.143. The second-order valence-corrected chi connectivity index (χ2v) is 9.34. The molecule has 0 bridgehead atoms. The van der Waals surface area contributed by atoms with Crippen molar-refractivity contribution < 1.29 is 45.4 Å². The van der Waals surface area contributed by atoms with Crippen LogP contribution in [0.3, 0.4) is 0 Å². The molecule has 196 valence electrons. The van der Waals surface area contributed by atoms with Crippen molar-refractivity contribution in [2.45, 2.75) is 68.8 Å². The maximum atomic E-state index is 13.6. The standard InChI is InChI=1S/C25H24F7NO3/c1-12(14-8-15(24(27,28)29)10-16(9-14)25(30,31)32)36-21-7-6-18(19-11-20(34)23(35)33-19)22(21)13-2-4-17(26)5-3-13/h2-5,8-10,12,18-22,34H,6-7,11H2,1H3,(H,33,35)/t12-,18+,19-,20+,21+,22+/m1/s1. The van der Waals surface area contributed by atoms with Gasteiger partial charge >= 0.3 is 12.4 Å². The maximum Gasteiger partial charge on any atom is 0.416 e. The lowest BCUT2D eigenvalue weighted by Crippen LogP contribution is -2.36. The topological polar surface area (TPSA) is 58.6 Å². The van der Waals surface area contributed by atoms with Crippen LogP contribution in [-0.4, -0.2) is 29.3 Å². The largest absolute Gasteiger partial charge is 0.416 e. The monoisotopic (exact) mass is 519 g/mol. The minimum atomic E-state index is -4.98. The third kappa shape index (κ3) is 5.51. The molecule has 0 radical (unpaired) electrons. The highest BCUT2D eigenvalue weighted by Crippen LogP contribution is 2.47. The Morgan fingerprint density at radius 3 is 2.06 bits per heavy atom. The molecule has 1 heterocycles. The summed E-state index contributed by atoms with van der Waals surface area (Å²) in [5.41, 5.74) is -2.47. The minimum absolute atomic E-state index is 0.0667. The number of hydrogen-bond acceptors (Lipinski definition) is 3. The van der Waals surface area contributed by atoms with Crippen molar-refractivity contribution in [3.8, 4) is 0 Å². The van der Waals surface area contributed by atoms with Crippen molar-refractivity contribution in [3.63, 3.8) is 0 Å². The molecule has 0 spiro atoms. The van der Waals surface area contributed by atoms with Gasteiger partial charge in [0.25, 0.3) is 0 Å². The fraction of sp³-hybridized carbons (Fsp3) is 0.480. The predicted molar refractivity (Wildman–Crippen MR) is 114 cm³/mol. The number of ether oxygens (including phenoxy) is 1. The zero-order chi connectivity index (χ0) is 26.4. The summed E-state index contributed by atoms with van der Waals surface area (Å²) < 4.78 is 99.5. The molecule has 11 heteroatoms. The Labute approximate surface area is 202 Å². The molecule has 1 aliphatic carbocycles. The Morgan fingerprint density at radius 1 is 0.972 bits per heavy atom. The van der Waals surface area contributed by atoms with Crippen molar-refractivity contribution in [3.05, 3.63) is 70.5 Å². The number of nitrogens with one attached hydrogen (secondary N) is 1. The number of halogens is 7. The molecule has 1 saturated heterocycles. The number of benzene rings is 2. The van der Waals surface area contributed by atoms with Crippen molar-refractivity contribution in [2.75, 3.05) is 0 Å². The van der Waals surface area contributed by atoms with E-state index in [4.69, 9.17) is 4.74 Å². The van der Waals surface area contributed by atoms with Gasteiger partial charge in [-0.2, -0.15) is 26.3 Å². The molecule has 0 unspecified atom stereocenters. The van der Waals surface area contributed by atoms with E-state index in [2.05, 4.69) is 5.32 Å². The Bertz CT molecular complexity index is 1070. The summed E-state index contributed by atoms with van der Waals surface area (Å²) >= 11 is 0. The van der Waals surface area contributed by atoms with Crippen LogP contribution >= 0.6 is 0 Å². The quantitative estimate of drug-likeness (QED) is 0.495. The minimum Gasteiger partial charge on any atom is -0.383 e. The highest BCUT2D eigenvalue weighted by atomic mass is 19.4. The summed E-state index contributed by atoms with van der Waals surface area (Å²) in [6.07, 6.45) is -11.8. The second kappa shape index (κ2) is 9.66. The number of carbonyl (C=O) groups excluding carboxylic acids is 1. The number of aliphatic hydroxyl groups excluding tert-OH is 1. The predicted octanol–water partition coefficient (Wildman–Crippen LogP) is 5.75. The maximum absolute atomic E-state index is 13.6. The van der Waals surface area contributed by atoms with Gasteiger partial charge in [-0.1, -0.05) is 12.1 Å². The molecule has 2 aromatic carbocycles. The highest BCUT2D eigenvalue weighted by Gasteiger charge is 2.46. The normalized spacial score (nSPS) is 27.8. The summed E-state index contributed by atoms with van der Waals surface area (Å²) in [5, 5.41) is 12.6. The van der Waals surface area contributed by atoms with Crippen molar-refractivity contribution in [1.29, 1.82) is 0 Å². The molecule has 2 aromatic rings. The Balaban J connectivity index is 1.64. The van der Waals surface area contributed by atoms with Gasteiger partial charge in [-0.25, -0.2) is 4.39 Å². The average Bonchev–Trinajstić information content (AvgIpc) is 3.35. The van der Waals surface area contributed by atoms with Gasteiger partial charge in [0.15, 0.2) is 0 Å². The average molecular weight is 519 g/mol. The number of rotatable bonds is 5. The Morgan fingerprint density at radius 2 is 1.56 bits per heavy atom. The van der Waals surface area contributed by atoms with Crippen LogP contribution in [0.1, 0.15) is 60.5 Å². The van der Waals surface area contributed by atoms with Crippen LogP contribution in [0.5, 0.6) is 0 Å². The number of alkyl halides is 6. The molecular weight excluding hydrogens is 495 g/mol. The van der Waals surface area contributed by atoms with Gasteiger partial charge in [0.2, 0.25) is 5.91 Å². The molecule has 36 heavy (non-hydrogen) atoms. The second-order valence-electron chi connectivity index (χ2n) is 9.34.